The van der Waals surface area contributed by atoms with Crippen LogP contribution in [0.3, 0.4) is 0 Å². The quantitative estimate of drug-likeness (QED) is 0.727. The lowest BCUT2D eigenvalue weighted by atomic mass is 10.3. The van der Waals surface area contributed by atoms with E-state index < -0.39 is 11.1 Å². The zero-order valence-electron chi connectivity index (χ0n) is 5.36. The van der Waals surface area contributed by atoms with Gasteiger partial charge < -0.3 is 8.84 Å². The lowest BCUT2D eigenvalue weighted by Crippen LogP contribution is -1.90. The molecule has 0 radical (unpaired) electrons. The fraction of sp³-hybridized carbons (Fsp3) is 0. The van der Waals surface area contributed by atoms with Crippen LogP contribution in [0.4, 0.5) is 0 Å². The van der Waals surface area contributed by atoms with Crippen molar-refractivity contribution in [3.05, 3.63) is 24.3 Å². The van der Waals surface area contributed by atoms with Crippen LogP contribution < -0.4 is 4.29 Å². The smallest absolute Gasteiger partial charge is 0.190 e. The van der Waals surface area contributed by atoms with E-state index in [2.05, 4.69) is 4.29 Å². The van der Waals surface area contributed by atoms with Gasteiger partial charge in [0.2, 0.25) is 0 Å². The van der Waals surface area contributed by atoms with E-state index in [1.54, 1.807) is 12.1 Å². The molecule has 60 valence electrons. The summed E-state index contributed by atoms with van der Waals surface area (Å²) in [6, 6.07) is 6.27. The van der Waals surface area contributed by atoms with Crippen LogP contribution in [0, 0.1) is 0 Å². The van der Waals surface area contributed by atoms with Gasteiger partial charge in [0.1, 0.15) is 16.8 Å². The molecule has 3 nitrogen and oxygen atoms in total. The second-order valence-electron chi connectivity index (χ2n) is 1.77. The summed E-state index contributed by atoms with van der Waals surface area (Å²) < 4.78 is 23.5. The summed E-state index contributed by atoms with van der Waals surface area (Å²) in [4.78, 5) is 0.169. The van der Waals surface area contributed by atoms with Gasteiger partial charge in [-0.2, -0.15) is 0 Å². The van der Waals surface area contributed by atoms with Crippen molar-refractivity contribution in [2.45, 2.75) is 4.90 Å². The predicted molar refractivity (Wildman–Crippen MR) is 42.0 cm³/mol. The molecule has 0 saturated carbocycles. The number of hydrogen-bond acceptors (Lipinski definition) is 2. The van der Waals surface area contributed by atoms with E-state index in [9.17, 15) is 4.21 Å². The van der Waals surface area contributed by atoms with Crippen LogP contribution in [0.2, 0.25) is 0 Å². The van der Waals surface area contributed by atoms with Crippen LogP contribution in [0.1, 0.15) is 0 Å². The topological polar surface area (TPSA) is 46.5 Å². The standard InChI is InChI=1S/C6H5ClO3S/c7-10-5-3-1-2-4-6(5)11(8)9/h1-4H,(H,8,9). The maximum Gasteiger partial charge on any atom is 0.190 e. The van der Waals surface area contributed by atoms with E-state index in [-0.39, 0.29) is 10.6 Å². The van der Waals surface area contributed by atoms with Crippen molar-refractivity contribution in [1.82, 2.24) is 0 Å². The summed E-state index contributed by atoms with van der Waals surface area (Å²) in [5.74, 6) is 0.204. The monoisotopic (exact) mass is 192 g/mol. The fourth-order valence-corrected chi connectivity index (χ4v) is 1.32. The molecular formula is C6H5ClO3S. The highest BCUT2D eigenvalue weighted by molar-refractivity contribution is 7.79. The summed E-state index contributed by atoms with van der Waals surface area (Å²) in [6.45, 7) is 0. The van der Waals surface area contributed by atoms with Gasteiger partial charge in [-0.15, -0.1) is 0 Å². The molecule has 0 aliphatic carbocycles. The number of para-hydroxylation sites is 1. The first-order valence-electron chi connectivity index (χ1n) is 2.74. The highest BCUT2D eigenvalue weighted by Crippen LogP contribution is 2.21. The normalized spacial score (nSPS) is 12.5. The minimum atomic E-state index is -2.05. The van der Waals surface area contributed by atoms with Gasteiger partial charge in [0.05, 0.1) is 0 Å². The molecule has 0 spiro atoms. The van der Waals surface area contributed by atoms with Crippen LogP contribution in [0.5, 0.6) is 5.75 Å². The van der Waals surface area contributed by atoms with E-state index in [1.165, 1.54) is 12.1 Å². The van der Waals surface area contributed by atoms with Gasteiger partial charge in [0, 0.05) is 0 Å². The molecule has 1 unspecified atom stereocenters. The second kappa shape index (κ2) is 3.71. The largest absolute Gasteiger partial charge is 0.384 e. The molecule has 1 aromatic carbocycles. The van der Waals surface area contributed by atoms with Gasteiger partial charge in [-0.3, -0.25) is 0 Å². The molecular weight excluding hydrogens is 188 g/mol. The maximum absolute atomic E-state index is 10.6. The highest BCUT2D eigenvalue weighted by atomic mass is 35.5. The number of halogens is 1. The molecule has 5 heteroatoms. The van der Waals surface area contributed by atoms with Crippen LogP contribution in [0.25, 0.3) is 0 Å². The van der Waals surface area contributed by atoms with Gasteiger partial charge in [0.25, 0.3) is 0 Å². The summed E-state index contributed by atoms with van der Waals surface area (Å²) >= 11 is 2.98. The molecule has 1 aromatic rings. The van der Waals surface area contributed by atoms with Gasteiger partial charge in [-0.25, -0.2) is 4.21 Å². The third-order valence-electron chi connectivity index (χ3n) is 1.12. The van der Waals surface area contributed by atoms with E-state index in [0.717, 1.165) is 0 Å². The Morgan fingerprint density at radius 2 is 2.09 bits per heavy atom. The summed E-state index contributed by atoms with van der Waals surface area (Å²) in [5, 5.41) is 0. The van der Waals surface area contributed by atoms with Gasteiger partial charge in [-0.1, -0.05) is 12.1 Å². The van der Waals surface area contributed by atoms with E-state index in [0.29, 0.717) is 0 Å². The Kier molecular flexibility index (Phi) is 2.87. The van der Waals surface area contributed by atoms with Crippen molar-refractivity contribution in [1.29, 1.82) is 0 Å². The van der Waals surface area contributed by atoms with Crippen molar-refractivity contribution in [2.24, 2.45) is 0 Å². The average Bonchev–Trinajstić information content (AvgIpc) is 2.04. The van der Waals surface area contributed by atoms with Crippen molar-refractivity contribution < 1.29 is 13.1 Å². The number of benzene rings is 1. The molecule has 1 atom stereocenters. The van der Waals surface area contributed by atoms with Crippen molar-refractivity contribution in [3.63, 3.8) is 0 Å². The first-order chi connectivity index (χ1) is 5.25. The summed E-state index contributed by atoms with van der Waals surface area (Å²) in [6.07, 6.45) is 0. The predicted octanol–water partition coefficient (Wildman–Crippen LogP) is 1.80. The average molecular weight is 193 g/mol. The third kappa shape index (κ3) is 1.92. The Morgan fingerprint density at radius 1 is 1.45 bits per heavy atom. The second-order valence-corrected chi connectivity index (χ2v) is 2.87. The Balaban J connectivity index is 3.12. The molecule has 0 aromatic heterocycles. The number of hydrogen-bond donors (Lipinski definition) is 1. The Labute approximate surface area is 71.4 Å². The first-order valence-corrected chi connectivity index (χ1v) is 4.15. The molecule has 11 heavy (non-hydrogen) atoms. The van der Waals surface area contributed by atoms with Crippen LogP contribution in [0.15, 0.2) is 29.2 Å². The minimum Gasteiger partial charge on any atom is -0.384 e. The molecule has 0 bridgehead atoms. The number of rotatable bonds is 2. The SMILES string of the molecule is O=S(O)c1ccccc1OCl. The Morgan fingerprint density at radius 3 is 2.55 bits per heavy atom. The fourth-order valence-electron chi connectivity index (χ4n) is 0.658. The van der Waals surface area contributed by atoms with E-state index in [4.69, 9.17) is 16.4 Å². The van der Waals surface area contributed by atoms with E-state index >= 15 is 0 Å². The lowest BCUT2D eigenvalue weighted by molar-refractivity contribution is 0.550. The third-order valence-corrected chi connectivity index (χ3v) is 2.00. The van der Waals surface area contributed by atoms with Crippen LogP contribution in [-0.2, 0) is 11.1 Å². The highest BCUT2D eigenvalue weighted by Gasteiger charge is 2.06. The zero-order chi connectivity index (χ0) is 8.27. The summed E-state index contributed by atoms with van der Waals surface area (Å²) in [7, 11) is 0. The van der Waals surface area contributed by atoms with Crippen LogP contribution in [-0.4, -0.2) is 8.76 Å². The van der Waals surface area contributed by atoms with Crippen molar-refractivity contribution in [2.75, 3.05) is 0 Å². The molecule has 0 amide bonds. The minimum absolute atomic E-state index is 0.169. The maximum atomic E-state index is 10.6. The summed E-state index contributed by atoms with van der Waals surface area (Å²) in [5.41, 5.74) is 0. The molecule has 1 rings (SSSR count). The van der Waals surface area contributed by atoms with Crippen molar-refractivity contribution >= 4 is 22.9 Å². The Bertz CT molecular complexity index is 276. The molecule has 0 heterocycles. The molecule has 0 saturated heterocycles. The first kappa shape index (κ1) is 8.52. The van der Waals surface area contributed by atoms with Gasteiger partial charge in [0.15, 0.2) is 16.8 Å². The van der Waals surface area contributed by atoms with Gasteiger partial charge >= 0.3 is 0 Å². The van der Waals surface area contributed by atoms with Crippen LogP contribution >= 0.6 is 11.9 Å². The molecule has 0 aliphatic rings. The Hall–Kier alpha value is -0.580. The van der Waals surface area contributed by atoms with Gasteiger partial charge in [-0.05, 0) is 12.1 Å². The zero-order valence-corrected chi connectivity index (χ0v) is 6.93. The molecule has 0 aliphatic heterocycles. The molecule has 1 N–H and O–H groups in total. The molecule has 0 fully saturated rings. The van der Waals surface area contributed by atoms with Crippen molar-refractivity contribution in [3.8, 4) is 5.75 Å². The lowest BCUT2D eigenvalue weighted by Gasteiger charge is -1.99. The van der Waals surface area contributed by atoms with E-state index in [1.807, 2.05) is 0 Å².